The number of hydrogen-bond acceptors (Lipinski definition) is 2. The van der Waals surface area contributed by atoms with Crippen molar-refractivity contribution in [1.29, 1.82) is 0 Å². The van der Waals surface area contributed by atoms with Gasteiger partial charge in [-0.2, -0.15) is 0 Å². The molecule has 0 aromatic heterocycles. The van der Waals surface area contributed by atoms with Gasteiger partial charge in [-0.15, -0.1) is 0 Å². The van der Waals surface area contributed by atoms with E-state index in [1.807, 2.05) is 18.2 Å². The molecule has 1 aliphatic heterocycles. The van der Waals surface area contributed by atoms with E-state index in [1.165, 1.54) is 10.8 Å². The molecule has 4 heteroatoms. The van der Waals surface area contributed by atoms with Crippen LogP contribution in [0, 0.1) is 0 Å². The Balaban J connectivity index is 1.46. The van der Waals surface area contributed by atoms with Gasteiger partial charge in [-0.1, -0.05) is 66.9 Å². The van der Waals surface area contributed by atoms with Crippen molar-refractivity contribution >= 4 is 51.5 Å². The summed E-state index contributed by atoms with van der Waals surface area (Å²) in [5.41, 5.74) is 3.95. The van der Waals surface area contributed by atoms with Gasteiger partial charge in [0, 0.05) is 22.7 Å². The number of unbranched alkanes of at least 4 members (excludes halogenated alkanes) is 1. The number of ether oxygens (including phenoxy) is 1. The Morgan fingerprint density at radius 1 is 0.967 bits per heavy atom. The van der Waals surface area contributed by atoms with Crippen LogP contribution in [0.25, 0.3) is 22.5 Å². The molecule has 0 N–H and O–H groups in total. The van der Waals surface area contributed by atoms with Gasteiger partial charge in [-0.25, -0.2) is 0 Å². The van der Waals surface area contributed by atoms with Crippen LogP contribution in [0.2, 0.25) is 10.0 Å². The van der Waals surface area contributed by atoms with Crippen LogP contribution in [-0.4, -0.2) is 12.3 Å². The van der Waals surface area contributed by atoms with E-state index in [0.717, 1.165) is 54.2 Å². The van der Waals surface area contributed by atoms with E-state index in [2.05, 4.69) is 55.5 Å². The first-order chi connectivity index (χ1) is 14.6. The number of aliphatic imine (C=N–C) groups is 1. The quantitative estimate of drug-likeness (QED) is 0.342. The largest absolute Gasteiger partial charge is 0.494 e. The standard InChI is InChI=1S/C26H23Cl2NO/c1-2-3-14-30-23-11-7-19-15-18(4-6-20(19)16-23)5-9-22-10-13-26(29-22)24-12-8-21(27)17-25(24)28/h4-9,11-13,15-17H,2-3,10,14H2,1H3/b9-5+. The Morgan fingerprint density at radius 3 is 2.63 bits per heavy atom. The number of rotatable bonds is 7. The third kappa shape index (κ3) is 4.95. The fraction of sp³-hybridized carbons (Fsp3) is 0.192. The number of benzene rings is 3. The fourth-order valence-electron chi connectivity index (χ4n) is 3.38. The van der Waals surface area contributed by atoms with Gasteiger partial charge in [0.2, 0.25) is 0 Å². The molecule has 4 rings (SSSR count). The van der Waals surface area contributed by atoms with Crippen LogP contribution in [0.5, 0.6) is 5.75 Å². The van der Waals surface area contributed by atoms with E-state index < -0.39 is 0 Å². The number of nitrogens with zero attached hydrogens (tertiary/aromatic N) is 1. The molecule has 0 fully saturated rings. The lowest BCUT2D eigenvalue weighted by molar-refractivity contribution is 0.310. The lowest BCUT2D eigenvalue weighted by atomic mass is 10.1. The number of allylic oxidation sites excluding steroid dienone is 2. The molecule has 1 aliphatic rings. The van der Waals surface area contributed by atoms with Crippen LogP contribution < -0.4 is 4.74 Å². The molecule has 1 heterocycles. The van der Waals surface area contributed by atoms with Crippen LogP contribution in [0.4, 0.5) is 0 Å². The van der Waals surface area contributed by atoms with E-state index in [-0.39, 0.29) is 0 Å². The zero-order valence-corrected chi connectivity index (χ0v) is 18.4. The highest BCUT2D eigenvalue weighted by Crippen LogP contribution is 2.31. The van der Waals surface area contributed by atoms with Crippen LogP contribution in [0.1, 0.15) is 37.3 Å². The van der Waals surface area contributed by atoms with E-state index in [9.17, 15) is 0 Å². The van der Waals surface area contributed by atoms with Gasteiger partial charge in [-0.3, -0.25) is 4.99 Å². The van der Waals surface area contributed by atoms with Crippen molar-refractivity contribution in [3.8, 4) is 5.75 Å². The van der Waals surface area contributed by atoms with Crippen molar-refractivity contribution in [2.24, 2.45) is 4.99 Å². The molecule has 0 aliphatic carbocycles. The van der Waals surface area contributed by atoms with Gasteiger partial charge < -0.3 is 4.74 Å². The molecule has 30 heavy (non-hydrogen) atoms. The zero-order chi connectivity index (χ0) is 20.9. The van der Waals surface area contributed by atoms with Crippen LogP contribution >= 0.6 is 23.2 Å². The Morgan fingerprint density at radius 2 is 1.80 bits per heavy atom. The minimum atomic E-state index is 0.621. The smallest absolute Gasteiger partial charge is 0.119 e. The van der Waals surface area contributed by atoms with E-state index in [1.54, 1.807) is 6.07 Å². The molecular formula is C26H23Cl2NO. The molecule has 2 nitrogen and oxygen atoms in total. The van der Waals surface area contributed by atoms with E-state index >= 15 is 0 Å². The summed E-state index contributed by atoms with van der Waals surface area (Å²) in [6.07, 6.45) is 9.26. The van der Waals surface area contributed by atoms with Gasteiger partial charge >= 0.3 is 0 Å². The first-order valence-corrected chi connectivity index (χ1v) is 11.0. The van der Waals surface area contributed by atoms with Crippen molar-refractivity contribution in [1.82, 2.24) is 0 Å². The molecule has 0 spiro atoms. The second-order valence-electron chi connectivity index (χ2n) is 7.32. The third-order valence-corrected chi connectivity index (χ3v) is 5.59. The molecule has 0 unspecified atom stereocenters. The van der Waals surface area contributed by atoms with Crippen LogP contribution in [0.3, 0.4) is 0 Å². The van der Waals surface area contributed by atoms with Crippen molar-refractivity contribution in [2.45, 2.75) is 26.2 Å². The molecule has 0 bridgehead atoms. The van der Waals surface area contributed by atoms with Gasteiger partial charge in [-0.05, 0) is 65.2 Å². The van der Waals surface area contributed by atoms with Crippen LogP contribution in [-0.2, 0) is 0 Å². The summed E-state index contributed by atoms with van der Waals surface area (Å²) in [7, 11) is 0. The normalized spacial score (nSPS) is 13.7. The van der Waals surface area contributed by atoms with Crippen molar-refractivity contribution < 1.29 is 4.74 Å². The van der Waals surface area contributed by atoms with E-state index in [0.29, 0.717) is 10.0 Å². The third-order valence-electron chi connectivity index (χ3n) is 5.05. The lowest BCUT2D eigenvalue weighted by Gasteiger charge is -2.07. The first-order valence-electron chi connectivity index (χ1n) is 10.2. The Hall–Kier alpha value is -2.55. The molecule has 0 saturated carbocycles. The van der Waals surface area contributed by atoms with Crippen molar-refractivity contribution in [2.75, 3.05) is 6.61 Å². The predicted molar refractivity (Wildman–Crippen MR) is 130 cm³/mol. The van der Waals surface area contributed by atoms with Gasteiger partial charge in [0.1, 0.15) is 5.75 Å². The molecule has 0 amide bonds. The van der Waals surface area contributed by atoms with Crippen molar-refractivity contribution in [3.05, 3.63) is 87.9 Å². The van der Waals surface area contributed by atoms with Crippen LogP contribution in [0.15, 0.2) is 71.7 Å². The average Bonchev–Trinajstić information content (AvgIpc) is 3.21. The van der Waals surface area contributed by atoms with Gasteiger partial charge in [0.15, 0.2) is 0 Å². The molecule has 0 radical (unpaired) electrons. The zero-order valence-electron chi connectivity index (χ0n) is 16.9. The highest BCUT2D eigenvalue weighted by molar-refractivity contribution is 6.35. The second-order valence-corrected chi connectivity index (χ2v) is 8.17. The Bertz CT molecular complexity index is 1160. The molecule has 3 aromatic rings. The van der Waals surface area contributed by atoms with Gasteiger partial charge in [0.25, 0.3) is 0 Å². The fourth-order valence-corrected chi connectivity index (χ4v) is 3.89. The molecule has 3 aromatic carbocycles. The number of hydrogen-bond donors (Lipinski definition) is 0. The summed E-state index contributed by atoms with van der Waals surface area (Å²) in [5, 5.41) is 3.62. The first kappa shape index (κ1) is 20.7. The summed E-state index contributed by atoms with van der Waals surface area (Å²) in [6.45, 7) is 2.93. The van der Waals surface area contributed by atoms with Crippen molar-refractivity contribution in [3.63, 3.8) is 0 Å². The maximum absolute atomic E-state index is 6.31. The minimum absolute atomic E-state index is 0.621. The number of halogens is 2. The predicted octanol–water partition coefficient (Wildman–Crippen LogP) is 8.22. The second kappa shape index (κ2) is 9.51. The molecular weight excluding hydrogens is 413 g/mol. The summed E-state index contributed by atoms with van der Waals surface area (Å²) >= 11 is 12.3. The SMILES string of the molecule is CCCCOc1ccc2cc(/C=C/C3=NC(c4ccc(Cl)cc4Cl)=CC3)ccc2c1. The van der Waals surface area contributed by atoms with Gasteiger partial charge in [0.05, 0.1) is 17.3 Å². The number of fused-ring (bicyclic) bond motifs is 1. The highest BCUT2D eigenvalue weighted by Gasteiger charge is 2.12. The lowest BCUT2D eigenvalue weighted by Crippen LogP contribution is -1.96. The molecule has 152 valence electrons. The molecule has 0 saturated heterocycles. The minimum Gasteiger partial charge on any atom is -0.494 e. The highest BCUT2D eigenvalue weighted by atomic mass is 35.5. The summed E-state index contributed by atoms with van der Waals surface area (Å²) in [5.74, 6) is 0.930. The average molecular weight is 436 g/mol. The Labute approximate surface area is 187 Å². The Kier molecular flexibility index (Phi) is 6.56. The van der Waals surface area contributed by atoms with E-state index in [4.69, 9.17) is 32.9 Å². The topological polar surface area (TPSA) is 21.6 Å². The molecule has 0 atom stereocenters. The monoisotopic (exact) mass is 435 g/mol. The summed E-state index contributed by atoms with van der Waals surface area (Å²) in [4.78, 5) is 4.72. The maximum Gasteiger partial charge on any atom is 0.119 e. The summed E-state index contributed by atoms with van der Waals surface area (Å²) < 4.78 is 5.81. The maximum atomic E-state index is 6.31. The summed E-state index contributed by atoms with van der Waals surface area (Å²) in [6, 6.07) is 18.2.